The minimum Gasteiger partial charge on any atom is -0.305 e. The molecule has 0 aromatic heterocycles. The zero-order chi connectivity index (χ0) is 13.1. The third-order valence-electron chi connectivity index (χ3n) is 2.79. The summed E-state index contributed by atoms with van der Waals surface area (Å²) in [6.07, 6.45) is 0.518. The summed E-state index contributed by atoms with van der Waals surface area (Å²) >= 11 is 0. The predicted octanol–water partition coefficient (Wildman–Crippen LogP) is 2.80. The van der Waals surface area contributed by atoms with Crippen LogP contribution in [0.5, 0.6) is 0 Å². The number of Topliss-reactive ketones (excluding diaryl/α,β-unsaturated/α-hetero) is 1. The van der Waals surface area contributed by atoms with Crippen LogP contribution in [-0.2, 0) is 11.2 Å². The van der Waals surface area contributed by atoms with Gasteiger partial charge in [0.05, 0.1) is 6.54 Å². The first-order valence-electron chi connectivity index (χ1n) is 6.11. The van der Waals surface area contributed by atoms with Crippen molar-refractivity contribution in [1.82, 2.24) is 5.32 Å². The fourth-order valence-corrected chi connectivity index (χ4v) is 1.57. The first kappa shape index (κ1) is 13.9. The van der Waals surface area contributed by atoms with Gasteiger partial charge < -0.3 is 5.32 Å². The lowest BCUT2D eigenvalue weighted by atomic mass is 10.0. The average molecular weight is 233 g/mol. The average Bonchev–Trinajstić information content (AvgIpc) is 2.20. The van der Waals surface area contributed by atoms with Gasteiger partial charge in [-0.05, 0) is 51.3 Å². The van der Waals surface area contributed by atoms with Crippen molar-refractivity contribution in [3.8, 4) is 0 Å². The van der Waals surface area contributed by atoms with E-state index < -0.39 is 0 Å². The summed E-state index contributed by atoms with van der Waals surface area (Å²) in [5.74, 6) is 0.239. The van der Waals surface area contributed by atoms with Crippen LogP contribution < -0.4 is 5.32 Å². The molecule has 1 N–H and O–H groups in total. The van der Waals surface area contributed by atoms with Crippen LogP contribution in [0.3, 0.4) is 0 Å². The Balaban J connectivity index is 2.54. The summed E-state index contributed by atoms with van der Waals surface area (Å²) in [7, 11) is 0. The van der Waals surface area contributed by atoms with Gasteiger partial charge in [-0.3, -0.25) is 4.79 Å². The zero-order valence-electron chi connectivity index (χ0n) is 11.6. The van der Waals surface area contributed by atoms with Crippen LogP contribution in [0.4, 0.5) is 0 Å². The normalized spacial score (nSPS) is 11.6. The van der Waals surface area contributed by atoms with Crippen molar-refractivity contribution < 1.29 is 4.79 Å². The largest absolute Gasteiger partial charge is 0.305 e. The molecule has 2 nitrogen and oxygen atoms in total. The molecule has 0 radical (unpaired) electrons. The van der Waals surface area contributed by atoms with E-state index in [1.807, 2.05) is 6.07 Å². The second-order valence-electron chi connectivity index (χ2n) is 5.74. The molecule has 0 bridgehead atoms. The third-order valence-corrected chi connectivity index (χ3v) is 2.79. The van der Waals surface area contributed by atoms with Crippen LogP contribution in [-0.4, -0.2) is 17.9 Å². The van der Waals surface area contributed by atoms with E-state index in [4.69, 9.17) is 0 Å². The first-order valence-corrected chi connectivity index (χ1v) is 6.11. The number of benzene rings is 1. The van der Waals surface area contributed by atoms with Crippen LogP contribution in [0.2, 0.25) is 0 Å². The molecular weight excluding hydrogens is 210 g/mol. The van der Waals surface area contributed by atoms with Gasteiger partial charge in [-0.25, -0.2) is 0 Å². The maximum atomic E-state index is 11.8. The van der Waals surface area contributed by atoms with Gasteiger partial charge in [0.15, 0.2) is 5.78 Å². The number of ketones is 1. The second-order valence-corrected chi connectivity index (χ2v) is 5.74. The Bertz CT molecular complexity index is 402. The Hall–Kier alpha value is -1.15. The number of carbonyl (C=O) groups excluding carboxylic acids is 1. The monoisotopic (exact) mass is 233 g/mol. The maximum Gasteiger partial charge on any atom is 0.150 e. The summed E-state index contributed by atoms with van der Waals surface area (Å²) in [6.45, 7) is 10.8. The zero-order valence-corrected chi connectivity index (χ0v) is 11.6. The SMILES string of the molecule is Cc1ccc(CC(=O)CNC(C)(C)C)cc1C. The molecule has 2 heteroatoms. The molecule has 0 aliphatic carbocycles. The second kappa shape index (κ2) is 5.46. The number of hydrogen-bond donors (Lipinski definition) is 1. The van der Waals surface area contributed by atoms with Crippen molar-refractivity contribution in [1.29, 1.82) is 0 Å². The highest BCUT2D eigenvalue weighted by molar-refractivity contribution is 5.82. The third kappa shape index (κ3) is 5.14. The van der Waals surface area contributed by atoms with Gasteiger partial charge in [0.25, 0.3) is 0 Å². The number of aryl methyl sites for hydroxylation is 2. The van der Waals surface area contributed by atoms with Crippen molar-refractivity contribution in [2.45, 2.75) is 46.6 Å². The molecule has 0 heterocycles. The van der Waals surface area contributed by atoms with E-state index in [-0.39, 0.29) is 11.3 Å². The first-order chi connectivity index (χ1) is 7.78. The Morgan fingerprint density at radius 3 is 2.35 bits per heavy atom. The fraction of sp³-hybridized carbons (Fsp3) is 0.533. The quantitative estimate of drug-likeness (QED) is 0.866. The molecule has 0 aliphatic heterocycles. The van der Waals surface area contributed by atoms with Gasteiger partial charge in [-0.2, -0.15) is 0 Å². The molecule has 0 unspecified atom stereocenters. The van der Waals surface area contributed by atoms with Gasteiger partial charge in [0, 0.05) is 12.0 Å². The molecule has 0 aliphatic rings. The molecule has 1 aromatic carbocycles. The molecule has 0 spiro atoms. The summed E-state index contributed by atoms with van der Waals surface area (Å²) in [5.41, 5.74) is 3.63. The summed E-state index contributed by atoms with van der Waals surface area (Å²) in [6, 6.07) is 6.22. The van der Waals surface area contributed by atoms with E-state index in [0.717, 1.165) is 5.56 Å². The number of carbonyl (C=O) groups is 1. The van der Waals surface area contributed by atoms with Gasteiger partial charge in [-0.1, -0.05) is 18.2 Å². The Morgan fingerprint density at radius 2 is 1.82 bits per heavy atom. The lowest BCUT2D eigenvalue weighted by molar-refractivity contribution is -0.117. The minimum absolute atomic E-state index is 0.00114. The van der Waals surface area contributed by atoms with E-state index >= 15 is 0 Å². The van der Waals surface area contributed by atoms with Gasteiger partial charge >= 0.3 is 0 Å². The topological polar surface area (TPSA) is 29.1 Å². The Labute approximate surface area is 104 Å². The van der Waals surface area contributed by atoms with Gasteiger partial charge in [0.2, 0.25) is 0 Å². The summed E-state index contributed by atoms with van der Waals surface area (Å²) < 4.78 is 0. The predicted molar refractivity (Wildman–Crippen MR) is 72.4 cm³/mol. The van der Waals surface area contributed by atoms with E-state index in [1.54, 1.807) is 0 Å². The highest BCUT2D eigenvalue weighted by Crippen LogP contribution is 2.10. The Kier molecular flexibility index (Phi) is 4.47. The molecule has 1 aromatic rings. The van der Waals surface area contributed by atoms with Crippen molar-refractivity contribution in [2.75, 3.05) is 6.54 Å². The van der Waals surface area contributed by atoms with Crippen molar-refractivity contribution >= 4 is 5.78 Å². The highest BCUT2D eigenvalue weighted by Gasteiger charge is 2.11. The summed E-state index contributed by atoms with van der Waals surface area (Å²) in [5, 5.41) is 3.22. The van der Waals surface area contributed by atoms with Crippen LogP contribution in [0.25, 0.3) is 0 Å². The Morgan fingerprint density at radius 1 is 1.18 bits per heavy atom. The molecule has 94 valence electrons. The van der Waals surface area contributed by atoms with E-state index in [1.165, 1.54) is 11.1 Å². The van der Waals surface area contributed by atoms with E-state index in [2.05, 4.69) is 52.1 Å². The molecule has 17 heavy (non-hydrogen) atoms. The smallest absolute Gasteiger partial charge is 0.150 e. The molecule has 0 saturated carbocycles. The molecule has 0 saturated heterocycles. The van der Waals surface area contributed by atoms with Gasteiger partial charge in [0.1, 0.15) is 0 Å². The molecule has 1 rings (SSSR count). The maximum absolute atomic E-state index is 11.8. The van der Waals surface area contributed by atoms with Crippen molar-refractivity contribution in [2.24, 2.45) is 0 Å². The van der Waals surface area contributed by atoms with Crippen molar-refractivity contribution in [3.63, 3.8) is 0 Å². The fourth-order valence-electron chi connectivity index (χ4n) is 1.57. The van der Waals surface area contributed by atoms with Crippen LogP contribution in [0.15, 0.2) is 18.2 Å². The molecular formula is C15H23NO. The van der Waals surface area contributed by atoms with Crippen LogP contribution in [0, 0.1) is 13.8 Å². The van der Waals surface area contributed by atoms with E-state index in [9.17, 15) is 4.79 Å². The summed E-state index contributed by atoms with van der Waals surface area (Å²) in [4.78, 5) is 11.8. The van der Waals surface area contributed by atoms with Crippen LogP contribution in [0.1, 0.15) is 37.5 Å². The minimum atomic E-state index is -0.00114. The highest BCUT2D eigenvalue weighted by atomic mass is 16.1. The van der Waals surface area contributed by atoms with Gasteiger partial charge in [-0.15, -0.1) is 0 Å². The van der Waals surface area contributed by atoms with E-state index in [0.29, 0.717) is 13.0 Å². The molecule has 0 amide bonds. The number of rotatable bonds is 4. The molecule has 0 fully saturated rings. The molecule has 0 atom stereocenters. The standard InChI is InChI=1S/C15H23NO/c1-11-6-7-13(8-12(11)2)9-14(17)10-16-15(3,4)5/h6-8,16H,9-10H2,1-5H3. The number of nitrogens with one attached hydrogen (secondary N) is 1. The lowest BCUT2D eigenvalue weighted by Gasteiger charge is -2.19. The lowest BCUT2D eigenvalue weighted by Crippen LogP contribution is -2.39. The number of hydrogen-bond acceptors (Lipinski definition) is 2. The van der Waals surface area contributed by atoms with Crippen LogP contribution >= 0.6 is 0 Å². The van der Waals surface area contributed by atoms with Crippen molar-refractivity contribution in [3.05, 3.63) is 34.9 Å².